The van der Waals surface area contributed by atoms with E-state index in [0.717, 1.165) is 6.07 Å². The normalized spacial score (nSPS) is 10.1. The van der Waals surface area contributed by atoms with Crippen LogP contribution >= 0.6 is 22.6 Å². The molecule has 0 fully saturated rings. The third-order valence-electron chi connectivity index (χ3n) is 1.53. The van der Waals surface area contributed by atoms with E-state index in [9.17, 15) is 13.6 Å². The SMILES string of the molecule is N#Cc1cc(I)c(C(=O)O)c(C(F)F)n1. The lowest BCUT2D eigenvalue weighted by Crippen LogP contribution is -2.09. The molecular formula is C8H3F2IN2O2. The molecule has 0 spiro atoms. The van der Waals surface area contributed by atoms with Crippen molar-refractivity contribution in [2.24, 2.45) is 0 Å². The monoisotopic (exact) mass is 324 g/mol. The van der Waals surface area contributed by atoms with Crippen molar-refractivity contribution in [3.63, 3.8) is 0 Å². The Morgan fingerprint density at radius 3 is 2.67 bits per heavy atom. The molecule has 0 unspecified atom stereocenters. The molecule has 7 heteroatoms. The minimum atomic E-state index is -3.02. The zero-order valence-corrected chi connectivity index (χ0v) is 9.20. The fraction of sp³-hybridized carbons (Fsp3) is 0.125. The van der Waals surface area contributed by atoms with Crippen LogP contribution in [0.1, 0.15) is 28.2 Å². The van der Waals surface area contributed by atoms with Crippen molar-refractivity contribution in [1.29, 1.82) is 5.26 Å². The molecule has 1 aromatic rings. The summed E-state index contributed by atoms with van der Waals surface area (Å²) in [4.78, 5) is 14.0. The Morgan fingerprint density at radius 2 is 2.27 bits per heavy atom. The number of pyridine rings is 1. The Labute approximate surface area is 96.7 Å². The van der Waals surface area contributed by atoms with E-state index in [0.29, 0.717) is 0 Å². The van der Waals surface area contributed by atoms with E-state index in [4.69, 9.17) is 10.4 Å². The van der Waals surface area contributed by atoms with Crippen LogP contribution in [0.25, 0.3) is 0 Å². The summed E-state index contributed by atoms with van der Waals surface area (Å²) < 4.78 is 25.0. The molecule has 0 atom stereocenters. The van der Waals surface area contributed by atoms with Crippen molar-refractivity contribution < 1.29 is 18.7 Å². The maximum atomic E-state index is 12.4. The number of carboxylic acid groups (broad SMARTS) is 1. The van der Waals surface area contributed by atoms with Crippen LogP contribution in [0.15, 0.2) is 6.07 Å². The number of hydrogen-bond donors (Lipinski definition) is 1. The average Bonchev–Trinajstić information content (AvgIpc) is 2.15. The van der Waals surface area contributed by atoms with Crippen molar-refractivity contribution in [2.45, 2.75) is 6.43 Å². The summed E-state index contributed by atoms with van der Waals surface area (Å²) in [5.74, 6) is -1.48. The lowest BCUT2D eigenvalue weighted by Gasteiger charge is -2.06. The molecule has 0 aliphatic heterocycles. The topological polar surface area (TPSA) is 74.0 Å². The van der Waals surface area contributed by atoms with E-state index in [1.165, 1.54) is 0 Å². The smallest absolute Gasteiger partial charge is 0.338 e. The molecule has 0 saturated heterocycles. The van der Waals surface area contributed by atoms with Crippen molar-refractivity contribution in [3.8, 4) is 6.07 Å². The number of carbonyl (C=O) groups is 1. The van der Waals surface area contributed by atoms with Crippen LogP contribution in [0.2, 0.25) is 0 Å². The molecule has 4 nitrogen and oxygen atoms in total. The number of nitrogens with zero attached hydrogens (tertiary/aromatic N) is 2. The number of hydrogen-bond acceptors (Lipinski definition) is 3. The lowest BCUT2D eigenvalue weighted by molar-refractivity contribution is 0.0681. The molecule has 1 rings (SSSR count). The fourth-order valence-corrected chi connectivity index (χ4v) is 1.76. The van der Waals surface area contributed by atoms with Crippen LogP contribution in [0.4, 0.5) is 8.78 Å². The van der Waals surface area contributed by atoms with E-state index < -0.39 is 23.7 Å². The van der Waals surface area contributed by atoms with E-state index in [2.05, 4.69) is 4.98 Å². The summed E-state index contributed by atoms with van der Waals surface area (Å²) in [6.45, 7) is 0. The third-order valence-corrected chi connectivity index (χ3v) is 2.39. The highest BCUT2D eigenvalue weighted by molar-refractivity contribution is 14.1. The van der Waals surface area contributed by atoms with E-state index in [1.807, 2.05) is 0 Å². The largest absolute Gasteiger partial charge is 0.478 e. The van der Waals surface area contributed by atoms with Gasteiger partial charge in [-0.2, -0.15) is 5.26 Å². The average molecular weight is 324 g/mol. The van der Waals surface area contributed by atoms with Gasteiger partial charge in [-0.3, -0.25) is 0 Å². The number of halogens is 3. The van der Waals surface area contributed by atoms with Gasteiger partial charge in [0.15, 0.2) is 0 Å². The van der Waals surface area contributed by atoms with Crippen molar-refractivity contribution >= 4 is 28.6 Å². The molecular weight excluding hydrogens is 321 g/mol. The Bertz CT molecular complexity index is 457. The summed E-state index contributed by atoms with van der Waals surface area (Å²) in [6, 6.07) is 2.74. The number of nitriles is 1. The Morgan fingerprint density at radius 1 is 1.67 bits per heavy atom. The van der Waals surface area contributed by atoms with E-state index in [-0.39, 0.29) is 9.26 Å². The number of aromatic carboxylic acids is 1. The second-order valence-electron chi connectivity index (χ2n) is 2.47. The molecule has 0 bridgehead atoms. The molecule has 0 aromatic carbocycles. The predicted molar refractivity (Wildman–Crippen MR) is 53.6 cm³/mol. The maximum absolute atomic E-state index is 12.4. The third kappa shape index (κ3) is 2.38. The van der Waals surface area contributed by atoms with Gasteiger partial charge in [0.1, 0.15) is 23.0 Å². The molecule has 0 amide bonds. The number of rotatable bonds is 2. The molecule has 0 aliphatic rings. The van der Waals surface area contributed by atoms with Crippen LogP contribution in [-0.2, 0) is 0 Å². The van der Waals surface area contributed by atoms with E-state index in [1.54, 1.807) is 28.7 Å². The quantitative estimate of drug-likeness (QED) is 0.847. The van der Waals surface area contributed by atoms with Gasteiger partial charge in [-0.05, 0) is 28.7 Å². The molecule has 1 N–H and O–H groups in total. The number of aromatic nitrogens is 1. The maximum Gasteiger partial charge on any atom is 0.338 e. The molecule has 15 heavy (non-hydrogen) atoms. The summed E-state index contributed by atoms with van der Waals surface area (Å²) in [5, 5.41) is 17.2. The summed E-state index contributed by atoms with van der Waals surface area (Å²) >= 11 is 1.58. The van der Waals surface area contributed by atoms with Gasteiger partial charge in [-0.15, -0.1) is 0 Å². The second kappa shape index (κ2) is 4.48. The fourth-order valence-electron chi connectivity index (χ4n) is 0.959. The first-order valence-electron chi connectivity index (χ1n) is 3.59. The summed E-state index contributed by atoms with van der Waals surface area (Å²) in [7, 11) is 0. The highest BCUT2D eigenvalue weighted by atomic mass is 127. The molecule has 1 heterocycles. The Balaban J connectivity index is 3.51. The van der Waals surface area contributed by atoms with Gasteiger partial charge < -0.3 is 5.11 Å². The predicted octanol–water partition coefficient (Wildman–Crippen LogP) is 2.19. The second-order valence-corrected chi connectivity index (χ2v) is 3.63. The van der Waals surface area contributed by atoms with Crippen LogP contribution in [0.3, 0.4) is 0 Å². The van der Waals surface area contributed by atoms with Crippen LogP contribution in [-0.4, -0.2) is 16.1 Å². The zero-order chi connectivity index (χ0) is 11.6. The molecule has 78 valence electrons. The molecule has 1 aromatic heterocycles. The van der Waals surface area contributed by atoms with Crippen LogP contribution < -0.4 is 0 Å². The highest BCUT2D eigenvalue weighted by Gasteiger charge is 2.23. The van der Waals surface area contributed by atoms with Crippen molar-refractivity contribution in [2.75, 3.05) is 0 Å². The van der Waals surface area contributed by atoms with Gasteiger partial charge in [0.05, 0.1) is 0 Å². The van der Waals surface area contributed by atoms with Crippen LogP contribution in [0, 0.1) is 14.9 Å². The Hall–Kier alpha value is -1.30. The first-order valence-corrected chi connectivity index (χ1v) is 4.67. The number of carboxylic acids is 1. The molecule has 0 saturated carbocycles. The lowest BCUT2D eigenvalue weighted by atomic mass is 10.2. The van der Waals surface area contributed by atoms with Crippen molar-refractivity contribution in [1.82, 2.24) is 4.98 Å². The van der Waals surface area contributed by atoms with Gasteiger partial charge in [-0.1, -0.05) is 0 Å². The molecule has 0 radical (unpaired) electrons. The van der Waals surface area contributed by atoms with E-state index >= 15 is 0 Å². The molecule has 0 aliphatic carbocycles. The zero-order valence-electron chi connectivity index (χ0n) is 7.04. The number of alkyl halides is 2. The minimum Gasteiger partial charge on any atom is -0.478 e. The minimum absolute atomic E-state index is 0.0713. The summed E-state index contributed by atoms with van der Waals surface area (Å²) in [6.07, 6.45) is -3.02. The first-order chi connectivity index (χ1) is 6.97. The highest BCUT2D eigenvalue weighted by Crippen LogP contribution is 2.25. The van der Waals surface area contributed by atoms with Crippen molar-refractivity contribution in [3.05, 3.63) is 26.6 Å². The van der Waals surface area contributed by atoms with Gasteiger partial charge in [0.25, 0.3) is 6.43 Å². The van der Waals surface area contributed by atoms with Crippen LogP contribution in [0.5, 0.6) is 0 Å². The van der Waals surface area contributed by atoms with Gasteiger partial charge in [0.2, 0.25) is 0 Å². The summed E-state index contributed by atoms with van der Waals surface area (Å²) in [5.41, 5.74) is -1.64. The Kier molecular flexibility index (Phi) is 3.52. The van der Waals surface area contributed by atoms with Gasteiger partial charge in [0, 0.05) is 3.57 Å². The first kappa shape index (κ1) is 11.8. The standard InChI is InChI=1S/C8H3F2IN2O2/c9-7(10)6-5(8(14)15)4(11)1-3(2-12)13-6/h1,7H,(H,14,15). The van der Waals surface area contributed by atoms with Gasteiger partial charge in [-0.25, -0.2) is 18.6 Å². The van der Waals surface area contributed by atoms with Gasteiger partial charge >= 0.3 is 5.97 Å².